The second-order valence-electron chi connectivity index (χ2n) is 4.75. The van der Waals surface area contributed by atoms with Gasteiger partial charge < -0.3 is 4.31 Å². The van der Waals surface area contributed by atoms with Crippen molar-refractivity contribution in [2.45, 2.75) is 45.8 Å². The van der Waals surface area contributed by atoms with Crippen molar-refractivity contribution in [2.75, 3.05) is 6.54 Å². The predicted octanol–water partition coefficient (Wildman–Crippen LogP) is 4.52. The van der Waals surface area contributed by atoms with E-state index in [1.807, 2.05) is 30.4 Å². The van der Waals surface area contributed by atoms with E-state index >= 15 is 0 Å². The van der Waals surface area contributed by atoms with Crippen molar-refractivity contribution in [1.82, 2.24) is 9.29 Å². The summed E-state index contributed by atoms with van der Waals surface area (Å²) in [5, 5.41) is 0.565. The standard InChI is InChI=1S/C15H24N2S/c1-6-7-10-17(18-12(2)3)14(5)15-11-16-9-8-13(15)4/h8-9,11-12H,5-7,10H2,1-4H3. The summed E-state index contributed by atoms with van der Waals surface area (Å²) in [4.78, 5) is 4.21. The summed E-state index contributed by atoms with van der Waals surface area (Å²) < 4.78 is 2.32. The number of hydrogen-bond acceptors (Lipinski definition) is 3. The molecule has 0 aliphatic heterocycles. The first-order valence-electron chi connectivity index (χ1n) is 6.60. The Morgan fingerprint density at radius 3 is 2.78 bits per heavy atom. The van der Waals surface area contributed by atoms with Crippen molar-refractivity contribution >= 4 is 17.6 Å². The number of hydrogen-bond donors (Lipinski definition) is 0. The van der Waals surface area contributed by atoms with Crippen LogP contribution in [0.15, 0.2) is 25.0 Å². The number of aryl methyl sites for hydroxylation is 1. The van der Waals surface area contributed by atoms with E-state index in [9.17, 15) is 0 Å². The van der Waals surface area contributed by atoms with Crippen LogP contribution in [0.4, 0.5) is 0 Å². The van der Waals surface area contributed by atoms with Crippen LogP contribution in [0.25, 0.3) is 5.70 Å². The van der Waals surface area contributed by atoms with E-state index in [-0.39, 0.29) is 0 Å². The van der Waals surface area contributed by atoms with E-state index in [0.29, 0.717) is 5.25 Å². The van der Waals surface area contributed by atoms with Crippen molar-refractivity contribution in [3.63, 3.8) is 0 Å². The van der Waals surface area contributed by atoms with Gasteiger partial charge in [-0.2, -0.15) is 0 Å². The van der Waals surface area contributed by atoms with Crippen LogP contribution >= 0.6 is 11.9 Å². The molecule has 0 atom stereocenters. The molecule has 1 rings (SSSR count). The summed E-state index contributed by atoms with van der Waals surface area (Å²) >= 11 is 1.86. The van der Waals surface area contributed by atoms with Crippen molar-refractivity contribution < 1.29 is 0 Å². The lowest BCUT2D eigenvalue weighted by molar-refractivity contribution is 0.594. The zero-order valence-electron chi connectivity index (χ0n) is 11.9. The fourth-order valence-electron chi connectivity index (χ4n) is 1.71. The molecule has 1 aromatic rings. The van der Waals surface area contributed by atoms with Gasteiger partial charge in [0.15, 0.2) is 0 Å². The van der Waals surface area contributed by atoms with Gasteiger partial charge >= 0.3 is 0 Å². The first-order chi connectivity index (χ1) is 8.56. The summed E-state index contributed by atoms with van der Waals surface area (Å²) in [5.74, 6) is 0. The second kappa shape index (κ2) is 7.47. The Kier molecular flexibility index (Phi) is 6.27. The molecule has 0 aromatic carbocycles. The third-order valence-electron chi connectivity index (χ3n) is 2.70. The number of pyridine rings is 1. The van der Waals surface area contributed by atoms with E-state index in [1.165, 1.54) is 18.4 Å². The lowest BCUT2D eigenvalue weighted by atomic mass is 10.1. The first-order valence-corrected chi connectivity index (χ1v) is 7.44. The fourth-order valence-corrected chi connectivity index (χ4v) is 2.68. The van der Waals surface area contributed by atoms with Gasteiger partial charge in [-0.25, -0.2) is 0 Å². The van der Waals surface area contributed by atoms with Crippen LogP contribution in [0.1, 0.15) is 44.7 Å². The topological polar surface area (TPSA) is 16.1 Å². The number of unbranched alkanes of at least 4 members (excludes halogenated alkanes) is 1. The molecule has 0 aliphatic rings. The Bertz CT molecular complexity index is 388. The third kappa shape index (κ3) is 4.37. The van der Waals surface area contributed by atoms with Crippen molar-refractivity contribution in [1.29, 1.82) is 0 Å². The summed E-state index contributed by atoms with van der Waals surface area (Å²) in [6.07, 6.45) is 6.14. The summed E-state index contributed by atoms with van der Waals surface area (Å²) in [6.45, 7) is 14.1. The van der Waals surface area contributed by atoms with Crippen molar-refractivity contribution in [3.8, 4) is 0 Å². The smallest absolute Gasteiger partial charge is 0.0488 e. The quantitative estimate of drug-likeness (QED) is 0.674. The first kappa shape index (κ1) is 15.1. The molecule has 0 saturated carbocycles. The summed E-state index contributed by atoms with van der Waals surface area (Å²) in [5.41, 5.74) is 3.47. The largest absolute Gasteiger partial charge is 0.316 e. The van der Waals surface area contributed by atoms with Crippen LogP contribution in [0.3, 0.4) is 0 Å². The van der Waals surface area contributed by atoms with E-state index in [1.54, 1.807) is 0 Å². The molecule has 0 aliphatic carbocycles. The lowest BCUT2D eigenvalue weighted by Gasteiger charge is -2.27. The van der Waals surface area contributed by atoms with E-state index in [4.69, 9.17) is 0 Å². The van der Waals surface area contributed by atoms with Crippen molar-refractivity contribution in [3.05, 3.63) is 36.2 Å². The summed E-state index contributed by atoms with van der Waals surface area (Å²) in [7, 11) is 0. The second-order valence-corrected chi connectivity index (χ2v) is 6.34. The van der Waals surface area contributed by atoms with E-state index in [2.05, 4.69) is 43.6 Å². The molecule has 100 valence electrons. The molecule has 0 unspecified atom stereocenters. The average Bonchev–Trinajstić information content (AvgIpc) is 2.34. The van der Waals surface area contributed by atoms with Gasteiger partial charge in [-0.1, -0.05) is 33.8 Å². The Hall–Kier alpha value is -0.960. The van der Waals surface area contributed by atoms with E-state index in [0.717, 1.165) is 17.8 Å². The molecule has 0 bridgehead atoms. The van der Waals surface area contributed by atoms with Gasteiger partial charge in [0.1, 0.15) is 0 Å². The maximum atomic E-state index is 4.26. The molecule has 0 N–H and O–H groups in total. The van der Waals surface area contributed by atoms with Crippen LogP contribution in [-0.4, -0.2) is 21.1 Å². The Balaban J connectivity index is 2.84. The highest BCUT2D eigenvalue weighted by Gasteiger charge is 2.13. The van der Waals surface area contributed by atoms with Gasteiger partial charge in [-0.05, 0) is 36.9 Å². The minimum absolute atomic E-state index is 0.565. The number of aromatic nitrogens is 1. The van der Waals surface area contributed by atoms with Crippen LogP contribution in [-0.2, 0) is 0 Å². The van der Waals surface area contributed by atoms with Gasteiger partial charge in [0.25, 0.3) is 0 Å². The Morgan fingerprint density at radius 2 is 2.22 bits per heavy atom. The van der Waals surface area contributed by atoms with E-state index < -0.39 is 0 Å². The molecule has 2 nitrogen and oxygen atoms in total. The Morgan fingerprint density at radius 1 is 1.50 bits per heavy atom. The molecule has 1 heterocycles. The zero-order valence-corrected chi connectivity index (χ0v) is 12.8. The normalized spacial score (nSPS) is 10.7. The number of nitrogens with zero attached hydrogens (tertiary/aromatic N) is 2. The van der Waals surface area contributed by atoms with Crippen LogP contribution < -0.4 is 0 Å². The molecule has 3 heteroatoms. The SMILES string of the molecule is C=C(c1cnccc1C)N(CCCC)SC(C)C. The molecule has 0 amide bonds. The minimum Gasteiger partial charge on any atom is -0.316 e. The van der Waals surface area contributed by atoms with Crippen LogP contribution in [0.5, 0.6) is 0 Å². The van der Waals surface area contributed by atoms with Gasteiger partial charge in [0, 0.05) is 35.4 Å². The summed E-state index contributed by atoms with van der Waals surface area (Å²) in [6, 6.07) is 2.04. The maximum absolute atomic E-state index is 4.26. The molecule has 1 aromatic heterocycles. The van der Waals surface area contributed by atoms with Gasteiger partial charge in [0.05, 0.1) is 0 Å². The highest BCUT2D eigenvalue weighted by molar-refractivity contribution is 7.97. The molecule has 0 fully saturated rings. The highest BCUT2D eigenvalue weighted by Crippen LogP contribution is 2.29. The predicted molar refractivity (Wildman–Crippen MR) is 82.3 cm³/mol. The molecule has 0 radical (unpaired) electrons. The fraction of sp³-hybridized carbons (Fsp3) is 0.533. The van der Waals surface area contributed by atoms with Crippen LogP contribution in [0.2, 0.25) is 0 Å². The average molecular weight is 264 g/mol. The van der Waals surface area contributed by atoms with Crippen LogP contribution in [0, 0.1) is 6.92 Å². The zero-order chi connectivity index (χ0) is 13.5. The third-order valence-corrected chi connectivity index (χ3v) is 3.78. The van der Waals surface area contributed by atoms with Crippen molar-refractivity contribution in [2.24, 2.45) is 0 Å². The molecule has 0 spiro atoms. The minimum atomic E-state index is 0.565. The molecule has 18 heavy (non-hydrogen) atoms. The molecular weight excluding hydrogens is 240 g/mol. The van der Waals surface area contributed by atoms with Gasteiger partial charge in [-0.15, -0.1) is 0 Å². The monoisotopic (exact) mass is 264 g/mol. The van der Waals surface area contributed by atoms with Gasteiger partial charge in [0.2, 0.25) is 0 Å². The maximum Gasteiger partial charge on any atom is 0.0488 e. The number of rotatable bonds is 7. The Labute approximate surface area is 116 Å². The lowest BCUT2D eigenvalue weighted by Crippen LogP contribution is -2.18. The molecular formula is C15H24N2S. The molecule has 0 saturated heterocycles. The van der Waals surface area contributed by atoms with Gasteiger partial charge in [-0.3, -0.25) is 4.98 Å². The highest BCUT2D eigenvalue weighted by atomic mass is 32.2.